The van der Waals surface area contributed by atoms with Crippen LogP contribution >= 0.6 is 0 Å². The van der Waals surface area contributed by atoms with E-state index < -0.39 is 5.54 Å². The molecule has 0 aromatic rings. The number of primary amides is 1. The first-order chi connectivity index (χ1) is 8.92. The molecule has 0 heterocycles. The molecule has 1 amide bonds. The van der Waals surface area contributed by atoms with Crippen molar-refractivity contribution in [1.82, 2.24) is 10.2 Å². The van der Waals surface area contributed by atoms with E-state index in [1.54, 1.807) is 0 Å². The van der Waals surface area contributed by atoms with Crippen LogP contribution < -0.4 is 11.1 Å². The molecule has 0 spiro atoms. The van der Waals surface area contributed by atoms with Gasteiger partial charge in [0.05, 0.1) is 0 Å². The smallest absolute Gasteiger partial charge is 0.238 e. The third kappa shape index (κ3) is 4.46. The van der Waals surface area contributed by atoms with Crippen molar-refractivity contribution < 1.29 is 4.79 Å². The second kappa shape index (κ2) is 7.25. The summed E-state index contributed by atoms with van der Waals surface area (Å²) in [6.07, 6.45) is 6.43. The Morgan fingerprint density at radius 2 is 1.89 bits per heavy atom. The molecule has 0 saturated heterocycles. The molecule has 1 atom stereocenters. The molecule has 1 saturated carbocycles. The summed E-state index contributed by atoms with van der Waals surface area (Å²) in [6.45, 7) is 7.65. The predicted molar refractivity (Wildman–Crippen MR) is 79.9 cm³/mol. The fourth-order valence-electron chi connectivity index (χ4n) is 3.23. The summed E-state index contributed by atoms with van der Waals surface area (Å²) in [7, 11) is 2.12. The Labute approximate surface area is 118 Å². The average Bonchev–Trinajstić information content (AvgIpc) is 2.38. The maximum Gasteiger partial charge on any atom is 0.238 e. The van der Waals surface area contributed by atoms with Crippen molar-refractivity contribution in [2.75, 3.05) is 20.1 Å². The normalized spacial score (nSPS) is 27.2. The number of hydrogen-bond donors (Lipinski definition) is 2. The van der Waals surface area contributed by atoms with Gasteiger partial charge in [-0.25, -0.2) is 0 Å². The summed E-state index contributed by atoms with van der Waals surface area (Å²) in [5.74, 6) is 0.643. The highest BCUT2D eigenvalue weighted by Crippen LogP contribution is 2.29. The molecule has 19 heavy (non-hydrogen) atoms. The summed E-state index contributed by atoms with van der Waals surface area (Å²) in [5, 5.41) is 3.23. The Bertz CT molecular complexity index is 287. The van der Waals surface area contributed by atoms with Gasteiger partial charge in [0.1, 0.15) is 5.54 Å². The van der Waals surface area contributed by atoms with E-state index in [4.69, 9.17) is 5.73 Å². The number of nitrogens with two attached hydrogens (primary N) is 1. The Kier molecular flexibility index (Phi) is 6.27. The third-order valence-electron chi connectivity index (χ3n) is 4.69. The largest absolute Gasteiger partial charge is 0.368 e. The zero-order chi connectivity index (χ0) is 14.5. The predicted octanol–water partition coefficient (Wildman–Crippen LogP) is 1.74. The van der Waals surface area contributed by atoms with Gasteiger partial charge < -0.3 is 16.0 Å². The zero-order valence-corrected chi connectivity index (χ0v) is 13.0. The van der Waals surface area contributed by atoms with Crippen LogP contribution in [0.25, 0.3) is 0 Å². The number of nitrogens with one attached hydrogen (secondary N) is 1. The molecular formula is C15H31N3O. The van der Waals surface area contributed by atoms with Gasteiger partial charge in [-0.15, -0.1) is 0 Å². The van der Waals surface area contributed by atoms with Crippen molar-refractivity contribution in [2.45, 2.75) is 64.5 Å². The van der Waals surface area contributed by atoms with E-state index in [1.807, 2.05) is 13.8 Å². The third-order valence-corrected chi connectivity index (χ3v) is 4.69. The van der Waals surface area contributed by atoms with Crippen LogP contribution in [-0.4, -0.2) is 42.5 Å². The highest BCUT2D eigenvalue weighted by atomic mass is 16.1. The number of amides is 1. The van der Waals surface area contributed by atoms with Gasteiger partial charge in [-0.3, -0.25) is 4.79 Å². The first kappa shape index (κ1) is 16.4. The quantitative estimate of drug-likeness (QED) is 0.740. The molecule has 1 fully saturated rings. The van der Waals surface area contributed by atoms with Crippen LogP contribution in [-0.2, 0) is 4.79 Å². The molecule has 4 heteroatoms. The molecule has 3 N–H and O–H groups in total. The van der Waals surface area contributed by atoms with E-state index in [1.165, 1.54) is 32.1 Å². The molecule has 4 nitrogen and oxygen atoms in total. The molecule has 0 bridgehead atoms. The Morgan fingerprint density at radius 3 is 2.32 bits per heavy atom. The van der Waals surface area contributed by atoms with E-state index in [9.17, 15) is 4.79 Å². The van der Waals surface area contributed by atoms with Gasteiger partial charge in [-0.05, 0) is 52.1 Å². The van der Waals surface area contributed by atoms with E-state index in [0.717, 1.165) is 12.5 Å². The Hall–Kier alpha value is -0.610. The molecule has 1 aliphatic carbocycles. The van der Waals surface area contributed by atoms with Crippen molar-refractivity contribution in [1.29, 1.82) is 0 Å². The molecule has 1 aliphatic rings. The number of carbonyl (C=O) groups is 1. The molecule has 1 rings (SSSR count). The minimum absolute atomic E-state index is 0.261. The maximum atomic E-state index is 11.7. The van der Waals surface area contributed by atoms with E-state index in [-0.39, 0.29) is 5.91 Å². The van der Waals surface area contributed by atoms with Gasteiger partial charge in [0.2, 0.25) is 5.91 Å². The van der Waals surface area contributed by atoms with Gasteiger partial charge in [0.25, 0.3) is 0 Å². The summed E-state index contributed by atoms with van der Waals surface area (Å²) in [5.41, 5.74) is 4.93. The van der Waals surface area contributed by atoms with Crippen molar-refractivity contribution >= 4 is 5.91 Å². The zero-order valence-electron chi connectivity index (χ0n) is 13.0. The van der Waals surface area contributed by atoms with E-state index in [2.05, 4.69) is 24.2 Å². The lowest BCUT2D eigenvalue weighted by atomic mass is 9.83. The van der Waals surface area contributed by atoms with E-state index in [0.29, 0.717) is 12.6 Å². The van der Waals surface area contributed by atoms with Crippen LogP contribution in [0.3, 0.4) is 0 Å². The number of hydrogen-bond acceptors (Lipinski definition) is 3. The summed E-state index contributed by atoms with van der Waals surface area (Å²) in [6, 6.07) is 0.597. The minimum atomic E-state index is -0.620. The maximum absolute atomic E-state index is 11.7. The van der Waals surface area contributed by atoms with Crippen molar-refractivity contribution in [3.05, 3.63) is 0 Å². The van der Waals surface area contributed by atoms with Crippen LogP contribution in [0, 0.1) is 5.92 Å². The van der Waals surface area contributed by atoms with Crippen molar-refractivity contribution in [3.8, 4) is 0 Å². The minimum Gasteiger partial charge on any atom is -0.368 e. The second-order valence-corrected chi connectivity index (χ2v) is 6.22. The van der Waals surface area contributed by atoms with Gasteiger partial charge in [0.15, 0.2) is 0 Å². The monoisotopic (exact) mass is 269 g/mol. The lowest BCUT2D eigenvalue weighted by molar-refractivity contribution is -0.124. The highest BCUT2D eigenvalue weighted by molar-refractivity contribution is 5.84. The molecular weight excluding hydrogens is 238 g/mol. The number of nitrogens with zero attached hydrogens (tertiary/aromatic N) is 1. The Morgan fingerprint density at radius 1 is 1.32 bits per heavy atom. The van der Waals surface area contributed by atoms with Crippen LogP contribution in [0.2, 0.25) is 0 Å². The molecule has 112 valence electrons. The standard InChI is InChI=1S/C15H31N3O/c1-5-12-7-9-13(10-8-12)18(4)11-15(3,14(16)19)17-6-2/h12-13,17H,5-11H2,1-4H3,(H2,16,19). The van der Waals surface area contributed by atoms with Crippen molar-refractivity contribution in [3.63, 3.8) is 0 Å². The number of likely N-dealkylation sites (N-methyl/N-ethyl adjacent to an activating group) is 2. The molecule has 0 aromatic heterocycles. The summed E-state index contributed by atoms with van der Waals surface area (Å²) < 4.78 is 0. The lowest BCUT2D eigenvalue weighted by Crippen LogP contribution is -2.60. The van der Waals surface area contributed by atoms with Crippen LogP contribution in [0.5, 0.6) is 0 Å². The summed E-state index contributed by atoms with van der Waals surface area (Å²) >= 11 is 0. The highest BCUT2D eigenvalue weighted by Gasteiger charge is 2.34. The molecule has 1 unspecified atom stereocenters. The van der Waals surface area contributed by atoms with Gasteiger partial charge in [0, 0.05) is 12.6 Å². The first-order valence-corrected chi connectivity index (χ1v) is 7.68. The van der Waals surface area contributed by atoms with Crippen molar-refractivity contribution in [2.24, 2.45) is 11.7 Å². The van der Waals surface area contributed by atoms with Gasteiger partial charge >= 0.3 is 0 Å². The Balaban J connectivity index is 2.53. The second-order valence-electron chi connectivity index (χ2n) is 6.22. The average molecular weight is 269 g/mol. The topological polar surface area (TPSA) is 58.4 Å². The molecule has 0 radical (unpaired) electrons. The fourth-order valence-corrected chi connectivity index (χ4v) is 3.23. The first-order valence-electron chi connectivity index (χ1n) is 7.68. The van der Waals surface area contributed by atoms with Crippen LogP contribution in [0.15, 0.2) is 0 Å². The lowest BCUT2D eigenvalue weighted by Gasteiger charge is -2.39. The van der Waals surface area contributed by atoms with Crippen LogP contribution in [0.4, 0.5) is 0 Å². The molecule has 0 aliphatic heterocycles. The number of carbonyl (C=O) groups excluding carboxylic acids is 1. The van der Waals surface area contributed by atoms with Gasteiger partial charge in [-0.2, -0.15) is 0 Å². The molecule has 0 aromatic carbocycles. The fraction of sp³-hybridized carbons (Fsp3) is 0.933. The summed E-state index contributed by atoms with van der Waals surface area (Å²) in [4.78, 5) is 14.0. The number of rotatable bonds is 7. The van der Waals surface area contributed by atoms with E-state index >= 15 is 0 Å². The van der Waals surface area contributed by atoms with Gasteiger partial charge in [-0.1, -0.05) is 20.3 Å². The SMILES string of the molecule is CCNC(C)(CN(C)C1CCC(CC)CC1)C(N)=O. The van der Waals surface area contributed by atoms with Crippen LogP contribution in [0.1, 0.15) is 52.9 Å².